The van der Waals surface area contributed by atoms with Crippen molar-refractivity contribution in [3.05, 3.63) is 34.8 Å². The van der Waals surface area contributed by atoms with Gasteiger partial charge in [0.1, 0.15) is 11.4 Å². The van der Waals surface area contributed by atoms with Crippen molar-refractivity contribution in [2.75, 3.05) is 0 Å². The monoisotopic (exact) mass is 323 g/mol. The molecule has 1 heterocycles. The van der Waals surface area contributed by atoms with Crippen LogP contribution in [-0.4, -0.2) is 16.4 Å². The summed E-state index contributed by atoms with van der Waals surface area (Å²) < 4.78 is 6.20. The summed E-state index contributed by atoms with van der Waals surface area (Å²) in [6.45, 7) is 6.48. The number of pyridine rings is 1. The second kappa shape index (κ2) is 6.76. The van der Waals surface area contributed by atoms with Crippen LogP contribution < -0.4 is 15.2 Å². The fourth-order valence-electron chi connectivity index (χ4n) is 3.20. The number of hydrogen-bond acceptors (Lipinski definition) is 3. The molecule has 3 rings (SSSR count). The first kappa shape index (κ1) is 16.7. The molecule has 0 unspecified atom stereocenters. The molecule has 3 nitrogen and oxygen atoms in total. The van der Waals surface area contributed by atoms with Crippen LogP contribution in [0, 0.1) is 0 Å². The molecule has 1 aromatic heterocycles. The van der Waals surface area contributed by atoms with Gasteiger partial charge in [-0.15, -0.1) is 0 Å². The Morgan fingerprint density at radius 3 is 2.88 bits per heavy atom. The number of carbonyl (C=O) groups is 1. The van der Waals surface area contributed by atoms with E-state index < -0.39 is 0 Å². The second-order valence-electron chi connectivity index (χ2n) is 7.14. The van der Waals surface area contributed by atoms with Crippen molar-refractivity contribution < 1.29 is 9.53 Å². The normalized spacial score (nSPS) is 14.0. The van der Waals surface area contributed by atoms with Gasteiger partial charge in [0.05, 0.1) is 5.52 Å². The number of nitrogens with zero attached hydrogens (tertiary/aromatic N) is 1. The Morgan fingerprint density at radius 1 is 1.25 bits per heavy atom. The molecule has 0 amide bonds. The molecule has 0 atom stereocenters. The Hall–Kier alpha value is -2.16. The predicted molar refractivity (Wildman–Crippen MR) is 98.4 cm³/mol. The quantitative estimate of drug-likeness (QED) is 0.764. The average molecular weight is 323 g/mol. The van der Waals surface area contributed by atoms with Crippen LogP contribution in [0.15, 0.2) is 24.4 Å². The van der Waals surface area contributed by atoms with Gasteiger partial charge in [0, 0.05) is 24.1 Å². The maximum absolute atomic E-state index is 11.7. The molecule has 0 spiro atoms. The van der Waals surface area contributed by atoms with Crippen LogP contribution in [0.2, 0.25) is 0 Å². The van der Waals surface area contributed by atoms with Gasteiger partial charge in [0.2, 0.25) is 0 Å². The van der Waals surface area contributed by atoms with Crippen LogP contribution in [-0.2, 0) is 4.79 Å². The molecule has 1 aromatic carbocycles. The molecule has 2 aromatic rings. The van der Waals surface area contributed by atoms with Crippen LogP contribution in [0.1, 0.15) is 52.9 Å². The topological polar surface area (TPSA) is 39.2 Å². The zero-order valence-corrected chi connectivity index (χ0v) is 14.8. The maximum atomic E-state index is 11.7. The van der Waals surface area contributed by atoms with Gasteiger partial charge in [-0.1, -0.05) is 25.8 Å². The van der Waals surface area contributed by atoms with Gasteiger partial charge in [0.15, 0.2) is 5.78 Å². The van der Waals surface area contributed by atoms with E-state index in [-0.39, 0.29) is 11.4 Å². The van der Waals surface area contributed by atoms with E-state index in [0.717, 1.165) is 33.5 Å². The molecule has 1 aliphatic rings. The van der Waals surface area contributed by atoms with E-state index in [1.54, 1.807) is 6.08 Å². The van der Waals surface area contributed by atoms with Crippen LogP contribution >= 0.6 is 0 Å². The predicted octanol–water partition coefficient (Wildman–Crippen LogP) is 3.51. The first-order valence-corrected chi connectivity index (χ1v) is 8.81. The summed E-state index contributed by atoms with van der Waals surface area (Å²) in [5.41, 5.74) is 0.683. The van der Waals surface area contributed by atoms with Crippen molar-refractivity contribution >= 4 is 28.8 Å². The van der Waals surface area contributed by atoms with Gasteiger partial charge in [-0.05, 0) is 55.3 Å². The highest BCUT2D eigenvalue weighted by molar-refractivity contribution is 6.10. The third-order valence-corrected chi connectivity index (χ3v) is 4.52. The lowest BCUT2D eigenvalue weighted by molar-refractivity contribution is -0.112. The zero-order valence-electron chi connectivity index (χ0n) is 14.8. The van der Waals surface area contributed by atoms with E-state index in [2.05, 4.69) is 25.8 Å². The van der Waals surface area contributed by atoms with Gasteiger partial charge in [-0.3, -0.25) is 9.78 Å². The number of Topliss-reactive ketones (excluding diaryl/α,β-unsaturated/α-hetero) is 1. The molecule has 0 bridgehead atoms. The number of unbranched alkanes of at least 4 members (excludes halogenated alkanes) is 2. The van der Waals surface area contributed by atoms with Crippen LogP contribution in [0.4, 0.5) is 0 Å². The molecule has 0 radical (unpaired) electrons. The minimum atomic E-state index is -0.188. The Kier molecular flexibility index (Phi) is 4.70. The van der Waals surface area contributed by atoms with E-state index >= 15 is 0 Å². The number of rotatable bonds is 6. The highest BCUT2D eigenvalue weighted by Gasteiger charge is 2.19. The number of fused-ring (bicyclic) bond motifs is 3. The Labute approximate surface area is 143 Å². The Balaban J connectivity index is 1.90. The smallest absolute Gasteiger partial charge is 0.160 e. The second-order valence-corrected chi connectivity index (χ2v) is 7.14. The number of hydrogen-bond donors (Lipinski definition) is 0. The maximum Gasteiger partial charge on any atom is 0.160 e. The Bertz CT molecular complexity index is 881. The van der Waals surface area contributed by atoms with Gasteiger partial charge >= 0.3 is 0 Å². The summed E-state index contributed by atoms with van der Waals surface area (Å²) in [5.74, 6) is 0.981. The van der Waals surface area contributed by atoms with Crippen LogP contribution in [0.3, 0.4) is 0 Å². The lowest BCUT2D eigenvalue weighted by Gasteiger charge is -2.26. The van der Waals surface area contributed by atoms with Crippen molar-refractivity contribution in [2.45, 2.75) is 58.5 Å². The van der Waals surface area contributed by atoms with Gasteiger partial charge in [-0.2, -0.15) is 0 Å². The highest BCUT2D eigenvalue weighted by Crippen LogP contribution is 2.25. The standard InChI is InChI=1S/C21H25NO2/c1-4-5-6-11-21(2,3)24-17-9-10-18-19-12-16(23)8-7-15(19)14-22-20(18)13-17/h7,9-10,12-14H,4-6,8,11H2,1-3H3. The molecular formula is C21H25NO2. The number of aromatic nitrogens is 1. The summed E-state index contributed by atoms with van der Waals surface area (Å²) in [5, 5.41) is 3.02. The minimum absolute atomic E-state index is 0.146. The summed E-state index contributed by atoms with van der Waals surface area (Å²) in [7, 11) is 0. The Morgan fingerprint density at radius 2 is 2.08 bits per heavy atom. The van der Waals surface area contributed by atoms with Crippen molar-refractivity contribution in [1.29, 1.82) is 0 Å². The van der Waals surface area contributed by atoms with Gasteiger partial charge in [-0.25, -0.2) is 0 Å². The zero-order chi connectivity index (χ0) is 17.2. The summed E-state index contributed by atoms with van der Waals surface area (Å²) in [6, 6.07) is 5.98. The summed E-state index contributed by atoms with van der Waals surface area (Å²) >= 11 is 0. The fraction of sp³-hybridized carbons (Fsp3) is 0.429. The van der Waals surface area contributed by atoms with E-state index in [4.69, 9.17) is 4.74 Å². The third-order valence-electron chi connectivity index (χ3n) is 4.52. The lowest BCUT2D eigenvalue weighted by atomic mass is 10.00. The van der Waals surface area contributed by atoms with Crippen molar-refractivity contribution in [1.82, 2.24) is 4.98 Å². The molecule has 0 saturated heterocycles. The molecule has 126 valence electrons. The van der Waals surface area contributed by atoms with E-state index in [9.17, 15) is 4.79 Å². The lowest BCUT2D eigenvalue weighted by Crippen LogP contribution is -2.31. The molecule has 0 aliphatic heterocycles. The van der Waals surface area contributed by atoms with Crippen LogP contribution in [0.5, 0.6) is 5.75 Å². The summed E-state index contributed by atoms with van der Waals surface area (Å²) in [4.78, 5) is 16.3. The fourth-order valence-corrected chi connectivity index (χ4v) is 3.20. The SMILES string of the molecule is CCCCCC(C)(C)Oc1ccc2c3c(cnc2c1)=CCC(=O)C=3. The average Bonchev–Trinajstić information content (AvgIpc) is 2.54. The highest BCUT2D eigenvalue weighted by atomic mass is 16.5. The number of ketones is 1. The van der Waals surface area contributed by atoms with E-state index in [0.29, 0.717) is 6.42 Å². The molecule has 0 fully saturated rings. The number of carbonyl (C=O) groups excluding carboxylic acids is 1. The molecule has 0 saturated carbocycles. The first-order valence-electron chi connectivity index (χ1n) is 8.81. The summed E-state index contributed by atoms with van der Waals surface area (Å²) in [6.07, 6.45) is 10.7. The van der Waals surface area contributed by atoms with E-state index in [1.807, 2.05) is 30.5 Å². The van der Waals surface area contributed by atoms with Crippen LogP contribution in [0.25, 0.3) is 23.1 Å². The molecular weight excluding hydrogens is 298 g/mol. The molecule has 0 N–H and O–H groups in total. The first-order chi connectivity index (χ1) is 11.5. The third kappa shape index (κ3) is 3.66. The minimum Gasteiger partial charge on any atom is -0.488 e. The number of ether oxygens (including phenoxy) is 1. The number of benzene rings is 1. The molecule has 24 heavy (non-hydrogen) atoms. The van der Waals surface area contributed by atoms with Gasteiger partial charge in [0.25, 0.3) is 0 Å². The largest absolute Gasteiger partial charge is 0.488 e. The van der Waals surface area contributed by atoms with E-state index in [1.165, 1.54) is 19.3 Å². The van der Waals surface area contributed by atoms with Crippen molar-refractivity contribution in [2.24, 2.45) is 0 Å². The molecule has 1 aliphatic carbocycles. The van der Waals surface area contributed by atoms with Crippen molar-refractivity contribution in [3.63, 3.8) is 0 Å². The van der Waals surface area contributed by atoms with Gasteiger partial charge < -0.3 is 4.74 Å². The molecule has 3 heteroatoms. The van der Waals surface area contributed by atoms with Crippen molar-refractivity contribution in [3.8, 4) is 5.75 Å².